The number of aryl methyl sites for hydroxylation is 1. The second-order valence-corrected chi connectivity index (χ2v) is 4.59. The number of hydrogen-bond acceptors (Lipinski definition) is 5. The molecule has 1 aromatic heterocycles. The van der Waals surface area contributed by atoms with Crippen LogP contribution in [0.15, 0.2) is 12.5 Å². The van der Waals surface area contributed by atoms with Gasteiger partial charge in [-0.3, -0.25) is 4.79 Å². The quantitative estimate of drug-likeness (QED) is 0.619. The van der Waals surface area contributed by atoms with Crippen LogP contribution in [0, 0.1) is 10.1 Å². The fraction of sp³-hybridized carbons (Fsp3) is 0.636. The summed E-state index contributed by atoms with van der Waals surface area (Å²) in [4.78, 5) is 27.1. The summed E-state index contributed by atoms with van der Waals surface area (Å²) < 4.78 is 1.54. The highest BCUT2D eigenvalue weighted by Crippen LogP contribution is 2.12. The summed E-state index contributed by atoms with van der Waals surface area (Å²) in [6.07, 6.45) is 3.87. The highest BCUT2D eigenvalue weighted by atomic mass is 16.6. The van der Waals surface area contributed by atoms with Crippen LogP contribution >= 0.6 is 0 Å². The van der Waals surface area contributed by atoms with Crippen molar-refractivity contribution in [3.8, 4) is 0 Å². The highest BCUT2D eigenvalue weighted by molar-refractivity contribution is 5.76. The minimum atomic E-state index is -0.565. The van der Waals surface area contributed by atoms with Crippen LogP contribution in [0.5, 0.6) is 0 Å². The van der Waals surface area contributed by atoms with E-state index < -0.39 is 4.92 Å². The molecule has 2 heterocycles. The van der Waals surface area contributed by atoms with Gasteiger partial charge in [0.2, 0.25) is 12.2 Å². The fourth-order valence-corrected chi connectivity index (χ4v) is 2.06. The number of imidazole rings is 1. The number of carbonyl (C=O) groups is 1. The van der Waals surface area contributed by atoms with Gasteiger partial charge >= 0.3 is 5.82 Å². The first-order chi connectivity index (χ1) is 9.06. The molecule has 0 aliphatic carbocycles. The summed E-state index contributed by atoms with van der Waals surface area (Å²) >= 11 is 0. The van der Waals surface area contributed by atoms with Crippen molar-refractivity contribution >= 4 is 11.7 Å². The van der Waals surface area contributed by atoms with Crippen molar-refractivity contribution in [1.82, 2.24) is 14.5 Å². The van der Waals surface area contributed by atoms with Crippen molar-refractivity contribution in [2.24, 2.45) is 0 Å². The molecule has 0 radical (unpaired) electrons. The molecule has 0 saturated carbocycles. The third-order valence-electron chi connectivity index (χ3n) is 3.21. The summed E-state index contributed by atoms with van der Waals surface area (Å²) in [6.45, 7) is 1.52. The van der Waals surface area contributed by atoms with E-state index in [1.807, 2.05) is 0 Å². The number of nitrogens with zero attached hydrogens (tertiary/aromatic N) is 4. The Labute approximate surface area is 109 Å². The van der Waals surface area contributed by atoms with E-state index in [-0.39, 0.29) is 24.2 Å². The Kier molecular flexibility index (Phi) is 4.10. The van der Waals surface area contributed by atoms with Gasteiger partial charge in [0.15, 0.2) is 0 Å². The van der Waals surface area contributed by atoms with Crippen molar-refractivity contribution < 1.29 is 14.8 Å². The maximum Gasteiger partial charge on any atom is 0.381 e. The van der Waals surface area contributed by atoms with E-state index in [4.69, 9.17) is 0 Å². The van der Waals surface area contributed by atoms with E-state index in [0.29, 0.717) is 32.5 Å². The third kappa shape index (κ3) is 3.50. The molecule has 0 unspecified atom stereocenters. The lowest BCUT2D eigenvalue weighted by Gasteiger charge is -2.29. The predicted molar refractivity (Wildman–Crippen MR) is 65.3 cm³/mol. The van der Waals surface area contributed by atoms with Crippen LogP contribution in [-0.4, -0.2) is 49.6 Å². The van der Waals surface area contributed by atoms with Crippen LogP contribution in [0.3, 0.4) is 0 Å². The number of likely N-dealkylation sites (tertiary alicyclic amines) is 1. The first-order valence-electron chi connectivity index (χ1n) is 6.18. The van der Waals surface area contributed by atoms with Crippen LogP contribution in [0.25, 0.3) is 0 Å². The fourth-order valence-electron chi connectivity index (χ4n) is 2.06. The lowest BCUT2D eigenvalue weighted by molar-refractivity contribution is -0.389. The molecule has 1 saturated heterocycles. The van der Waals surface area contributed by atoms with Gasteiger partial charge in [0.25, 0.3) is 0 Å². The number of hydrogen-bond donors (Lipinski definition) is 1. The average molecular weight is 268 g/mol. The normalized spacial score (nSPS) is 16.6. The Morgan fingerprint density at radius 1 is 1.53 bits per heavy atom. The maximum atomic E-state index is 11.9. The summed E-state index contributed by atoms with van der Waals surface area (Å²) in [5, 5.41) is 19.8. The van der Waals surface area contributed by atoms with E-state index >= 15 is 0 Å². The lowest BCUT2D eigenvalue weighted by atomic mass is 10.1. The summed E-state index contributed by atoms with van der Waals surface area (Å²) in [6, 6.07) is 0. The second kappa shape index (κ2) is 5.79. The molecule has 2 rings (SSSR count). The van der Waals surface area contributed by atoms with Crippen molar-refractivity contribution in [2.75, 3.05) is 13.1 Å². The molecule has 0 aromatic carbocycles. The second-order valence-electron chi connectivity index (χ2n) is 4.59. The molecule has 104 valence electrons. The van der Waals surface area contributed by atoms with E-state index in [1.165, 1.54) is 17.1 Å². The van der Waals surface area contributed by atoms with Gasteiger partial charge in [0.1, 0.15) is 6.20 Å². The van der Waals surface area contributed by atoms with Crippen molar-refractivity contribution in [2.45, 2.75) is 31.9 Å². The SMILES string of the molecule is O=C(CCn1cnc([N+](=O)[O-])c1)N1CCC(O)CC1. The van der Waals surface area contributed by atoms with E-state index in [2.05, 4.69) is 4.98 Å². The summed E-state index contributed by atoms with van der Waals surface area (Å²) in [7, 11) is 0. The van der Waals surface area contributed by atoms with Crippen LogP contribution in [0.4, 0.5) is 5.82 Å². The molecule has 1 aliphatic heterocycles. The molecule has 0 atom stereocenters. The van der Waals surface area contributed by atoms with Gasteiger partial charge in [0, 0.05) is 26.1 Å². The number of carbonyl (C=O) groups excluding carboxylic acids is 1. The molecular formula is C11H16N4O4. The summed E-state index contributed by atoms with van der Waals surface area (Å²) in [5.41, 5.74) is 0. The van der Waals surface area contributed by atoms with E-state index in [9.17, 15) is 20.0 Å². The molecular weight excluding hydrogens is 252 g/mol. The standard InChI is InChI=1S/C11H16N4O4/c16-9-1-5-14(6-2-9)11(17)3-4-13-7-10(12-8-13)15(18)19/h7-9,16H,1-6H2. The van der Waals surface area contributed by atoms with Crippen molar-refractivity contribution in [1.29, 1.82) is 0 Å². The first kappa shape index (κ1) is 13.5. The predicted octanol–water partition coefficient (Wildman–Crippen LogP) is 0.165. The highest BCUT2D eigenvalue weighted by Gasteiger charge is 2.21. The smallest absolute Gasteiger partial charge is 0.381 e. The Morgan fingerprint density at radius 2 is 2.21 bits per heavy atom. The molecule has 8 nitrogen and oxygen atoms in total. The zero-order chi connectivity index (χ0) is 13.8. The minimum Gasteiger partial charge on any atom is -0.393 e. The van der Waals surface area contributed by atoms with Gasteiger partial charge in [-0.05, 0) is 22.7 Å². The molecule has 0 bridgehead atoms. The third-order valence-corrected chi connectivity index (χ3v) is 3.21. The number of aliphatic hydroxyl groups excluding tert-OH is 1. The maximum absolute atomic E-state index is 11.9. The molecule has 1 amide bonds. The Balaban J connectivity index is 1.81. The molecule has 1 N–H and O–H groups in total. The zero-order valence-electron chi connectivity index (χ0n) is 10.4. The largest absolute Gasteiger partial charge is 0.393 e. The van der Waals surface area contributed by atoms with Crippen LogP contribution in [-0.2, 0) is 11.3 Å². The summed E-state index contributed by atoms with van der Waals surface area (Å²) in [5.74, 6) is -0.211. The minimum absolute atomic E-state index is 0.00301. The average Bonchev–Trinajstić information content (AvgIpc) is 2.86. The number of aliphatic hydroxyl groups is 1. The van der Waals surface area contributed by atoms with Crippen LogP contribution < -0.4 is 0 Å². The topological polar surface area (TPSA) is 102 Å². The molecule has 1 fully saturated rings. The van der Waals surface area contributed by atoms with Gasteiger partial charge in [-0.25, -0.2) is 0 Å². The number of aromatic nitrogens is 2. The Bertz CT molecular complexity index is 465. The first-order valence-corrected chi connectivity index (χ1v) is 6.18. The Hall–Kier alpha value is -1.96. The molecule has 0 spiro atoms. The molecule has 1 aromatic rings. The van der Waals surface area contributed by atoms with Gasteiger partial charge in [0.05, 0.1) is 6.10 Å². The number of nitro groups is 1. The zero-order valence-corrected chi connectivity index (χ0v) is 10.4. The van der Waals surface area contributed by atoms with Crippen LogP contribution in [0.2, 0.25) is 0 Å². The molecule has 19 heavy (non-hydrogen) atoms. The van der Waals surface area contributed by atoms with Gasteiger partial charge in [-0.2, -0.15) is 0 Å². The molecule has 1 aliphatic rings. The van der Waals surface area contributed by atoms with Gasteiger partial charge in [-0.1, -0.05) is 0 Å². The monoisotopic (exact) mass is 268 g/mol. The van der Waals surface area contributed by atoms with E-state index in [0.717, 1.165) is 0 Å². The van der Waals surface area contributed by atoms with E-state index in [1.54, 1.807) is 4.90 Å². The molecule has 8 heteroatoms. The van der Waals surface area contributed by atoms with Crippen molar-refractivity contribution in [3.05, 3.63) is 22.6 Å². The number of amides is 1. The van der Waals surface area contributed by atoms with Crippen LogP contribution in [0.1, 0.15) is 19.3 Å². The number of rotatable bonds is 4. The number of piperidine rings is 1. The lowest BCUT2D eigenvalue weighted by Crippen LogP contribution is -2.40. The van der Waals surface area contributed by atoms with Gasteiger partial charge in [-0.15, -0.1) is 0 Å². The van der Waals surface area contributed by atoms with Gasteiger partial charge < -0.3 is 24.7 Å². The van der Waals surface area contributed by atoms with Crippen molar-refractivity contribution in [3.63, 3.8) is 0 Å². The Morgan fingerprint density at radius 3 is 2.79 bits per heavy atom.